The zero-order valence-corrected chi connectivity index (χ0v) is 14.0. The molecule has 0 aromatic rings. The van der Waals surface area contributed by atoms with E-state index in [2.05, 4.69) is 5.32 Å². The van der Waals surface area contributed by atoms with Crippen LogP contribution in [0.15, 0.2) is 0 Å². The quantitative estimate of drug-likeness (QED) is 0.804. The molecule has 5 nitrogen and oxygen atoms in total. The van der Waals surface area contributed by atoms with Gasteiger partial charge in [0.25, 0.3) is 0 Å². The van der Waals surface area contributed by atoms with Crippen molar-refractivity contribution in [2.75, 3.05) is 13.1 Å². The molecule has 22 heavy (non-hydrogen) atoms. The summed E-state index contributed by atoms with van der Waals surface area (Å²) in [6.45, 7) is 1.29. The van der Waals surface area contributed by atoms with E-state index in [1.54, 1.807) is 0 Å². The minimum atomic E-state index is 0. The molecule has 2 amide bonds. The molecule has 3 rings (SSSR count). The summed E-state index contributed by atoms with van der Waals surface area (Å²) in [6.07, 6.45) is 9.00. The van der Waals surface area contributed by atoms with Gasteiger partial charge in [-0.1, -0.05) is 19.3 Å². The first-order valence-corrected chi connectivity index (χ1v) is 8.41. The number of hydrogen-bond donors (Lipinski definition) is 2. The van der Waals surface area contributed by atoms with Crippen LogP contribution in [-0.2, 0) is 9.59 Å². The highest BCUT2D eigenvalue weighted by Gasteiger charge is 2.40. The Balaban J connectivity index is 0.00000176. The van der Waals surface area contributed by atoms with Gasteiger partial charge in [0.15, 0.2) is 0 Å². The van der Waals surface area contributed by atoms with Crippen molar-refractivity contribution in [2.24, 2.45) is 11.1 Å². The van der Waals surface area contributed by atoms with Gasteiger partial charge in [-0.15, -0.1) is 12.4 Å². The van der Waals surface area contributed by atoms with Gasteiger partial charge in [0.1, 0.15) is 0 Å². The Morgan fingerprint density at radius 3 is 2.55 bits per heavy atom. The molecule has 3 aliphatic rings. The SMILES string of the molecule is Cl.NCC1(CC(=O)NC2CC(=O)N(C3CC3)C2)CCCCC1. The van der Waals surface area contributed by atoms with E-state index in [4.69, 9.17) is 5.73 Å². The van der Waals surface area contributed by atoms with Crippen LogP contribution in [0.25, 0.3) is 0 Å². The number of halogens is 1. The zero-order chi connectivity index (χ0) is 14.9. The molecular weight excluding hydrogens is 302 g/mol. The van der Waals surface area contributed by atoms with E-state index >= 15 is 0 Å². The predicted molar refractivity (Wildman–Crippen MR) is 87.7 cm³/mol. The Bertz CT molecular complexity index is 420. The predicted octanol–water partition coefficient (Wildman–Crippen LogP) is 1.59. The van der Waals surface area contributed by atoms with Crippen molar-refractivity contribution in [3.05, 3.63) is 0 Å². The van der Waals surface area contributed by atoms with E-state index in [0.29, 0.717) is 32.0 Å². The average molecular weight is 330 g/mol. The number of nitrogens with one attached hydrogen (secondary N) is 1. The summed E-state index contributed by atoms with van der Waals surface area (Å²) >= 11 is 0. The van der Waals surface area contributed by atoms with Gasteiger partial charge in [0.05, 0.1) is 6.04 Å². The molecule has 0 aromatic heterocycles. The first kappa shape index (κ1) is 17.5. The lowest BCUT2D eigenvalue weighted by molar-refractivity contribution is -0.128. The molecule has 0 radical (unpaired) electrons. The molecule has 2 saturated carbocycles. The van der Waals surface area contributed by atoms with Gasteiger partial charge in [-0.2, -0.15) is 0 Å². The summed E-state index contributed by atoms with van der Waals surface area (Å²) in [5.74, 6) is 0.284. The van der Waals surface area contributed by atoms with Gasteiger partial charge < -0.3 is 16.0 Å². The van der Waals surface area contributed by atoms with Crippen LogP contribution in [0.3, 0.4) is 0 Å². The van der Waals surface area contributed by atoms with Gasteiger partial charge in [0.2, 0.25) is 11.8 Å². The fourth-order valence-electron chi connectivity index (χ4n) is 3.94. The zero-order valence-electron chi connectivity index (χ0n) is 13.2. The largest absolute Gasteiger partial charge is 0.351 e. The van der Waals surface area contributed by atoms with Crippen molar-refractivity contribution in [1.82, 2.24) is 10.2 Å². The lowest BCUT2D eigenvalue weighted by Gasteiger charge is -2.35. The summed E-state index contributed by atoms with van der Waals surface area (Å²) < 4.78 is 0. The van der Waals surface area contributed by atoms with Crippen LogP contribution < -0.4 is 11.1 Å². The van der Waals surface area contributed by atoms with E-state index in [1.807, 2.05) is 4.90 Å². The molecule has 1 heterocycles. The number of carbonyl (C=O) groups is 2. The van der Waals surface area contributed by atoms with Gasteiger partial charge >= 0.3 is 0 Å². The van der Waals surface area contributed by atoms with Gasteiger partial charge in [-0.25, -0.2) is 0 Å². The molecule has 2 aliphatic carbocycles. The van der Waals surface area contributed by atoms with Crippen LogP contribution in [0.1, 0.15) is 57.8 Å². The van der Waals surface area contributed by atoms with E-state index in [-0.39, 0.29) is 35.7 Å². The summed E-state index contributed by atoms with van der Waals surface area (Å²) in [6, 6.07) is 0.456. The molecule has 0 aromatic carbocycles. The van der Waals surface area contributed by atoms with Gasteiger partial charge in [-0.3, -0.25) is 9.59 Å². The number of hydrogen-bond acceptors (Lipinski definition) is 3. The first-order chi connectivity index (χ1) is 10.1. The van der Waals surface area contributed by atoms with Crippen LogP contribution in [-0.4, -0.2) is 41.9 Å². The number of rotatable bonds is 5. The van der Waals surface area contributed by atoms with Crippen LogP contribution in [0.2, 0.25) is 0 Å². The van der Waals surface area contributed by atoms with Crippen molar-refractivity contribution in [2.45, 2.75) is 69.9 Å². The molecule has 6 heteroatoms. The second-order valence-corrected chi connectivity index (χ2v) is 7.19. The molecule has 3 N–H and O–H groups in total. The third kappa shape index (κ3) is 3.93. The number of nitrogens with two attached hydrogens (primary N) is 1. The lowest BCUT2D eigenvalue weighted by Crippen LogP contribution is -2.42. The van der Waals surface area contributed by atoms with Crippen LogP contribution in [0, 0.1) is 5.41 Å². The molecule has 3 fully saturated rings. The monoisotopic (exact) mass is 329 g/mol. The average Bonchev–Trinajstić information content (AvgIpc) is 3.24. The highest BCUT2D eigenvalue weighted by Crippen LogP contribution is 2.38. The van der Waals surface area contributed by atoms with E-state index in [1.165, 1.54) is 19.3 Å². The normalized spacial score (nSPS) is 27.4. The molecular formula is C16H28ClN3O2. The summed E-state index contributed by atoms with van der Waals surface area (Å²) in [4.78, 5) is 26.2. The summed E-state index contributed by atoms with van der Waals surface area (Å²) in [5, 5.41) is 3.07. The van der Waals surface area contributed by atoms with Crippen molar-refractivity contribution in [3.63, 3.8) is 0 Å². The molecule has 1 saturated heterocycles. The smallest absolute Gasteiger partial charge is 0.225 e. The molecule has 0 bridgehead atoms. The molecule has 0 spiro atoms. The third-order valence-electron chi connectivity index (χ3n) is 5.39. The maximum atomic E-state index is 12.3. The van der Waals surface area contributed by atoms with E-state index in [0.717, 1.165) is 25.7 Å². The topological polar surface area (TPSA) is 75.4 Å². The number of likely N-dealkylation sites (tertiary alicyclic amines) is 1. The maximum Gasteiger partial charge on any atom is 0.225 e. The Kier molecular flexibility index (Phi) is 5.72. The minimum absolute atomic E-state index is 0. The van der Waals surface area contributed by atoms with Crippen LogP contribution in [0.4, 0.5) is 0 Å². The first-order valence-electron chi connectivity index (χ1n) is 8.41. The van der Waals surface area contributed by atoms with Crippen molar-refractivity contribution < 1.29 is 9.59 Å². The lowest BCUT2D eigenvalue weighted by atomic mass is 9.71. The maximum absolute atomic E-state index is 12.3. The molecule has 1 aliphatic heterocycles. The van der Waals surface area contributed by atoms with Gasteiger partial charge in [-0.05, 0) is 37.6 Å². The second-order valence-electron chi connectivity index (χ2n) is 7.19. The van der Waals surface area contributed by atoms with Gasteiger partial charge in [0, 0.05) is 25.4 Å². The van der Waals surface area contributed by atoms with E-state index < -0.39 is 0 Å². The fourth-order valence-corrected chi connectivity index (χ4v) is 3.94. The Morgan fingerprint density at radius 1 is 1.27 bits per heavy atom. The standard InChI is InChI=1S/C16H27N3O2.ClH/c17-11-16(6-2-1-3-7-16)9-14(20)18-12-8-15(21)19(10-12)13-4-5-13;/h12-13H,1-11,17H2,(H,18,20);1H. The van der Waals surface area contributed by atoms with Crippen LogP contribution in [0.5, 0.6) is 0 Å². The van der Waals surface area contributed by atoms with Crippen molar-refractivity contribution in [1.29, 1.82) is 0 Å². The van der Waals surface area contributed by atoms with Crippen molar-refractivity contribution in [3.8, 4) is 0 Å². The number of carbonyl (C=O) groups excluding carboxylic acids is 2. The Hall–Kier alpha value is -0.810. The Labute approximate surface area is 138 Å². The molecule has 126 valence electrons. The highest BCUT2D eigenvalue weighted by molar-refractivity contribution is 5.85. The fraction of sp³-hybridized carbons (Fsp3) is 0.875. The highest BCUT2D eigenvalue weighted by atomic mass is 35.5. The number of nitrogens with zero attached hydrogens (tertiary/aromatic N) is 1. The Morgan fingerprint density at radius 2 is 1.95 bits per heavy atom. The minimum Gasteiger partial charge on any atom is -0.351 e. The molecule has 1 atom stereocenters. The summed E-state index contributed by atoms with van der Waals surface area (Å²) in [7, 11) is 0. The number of amides is 2. The molecule has 1 unspecified atom stereocenters. The third-order valence-corrected chi connectivity index (χ3v) is 5.39. The van der Waals surface area contributed by atoms with E-state index in [9.17, 15) is 9.59 Å². The van der Waals surface area contributed by atoms with Crippen molar-refractivity contribution >= 4 is 24.2 Å². The summed E-state index contributed by atoms with van der Waals surface area (Å²) in [5.41, 5.74) is 5.95. The van der Waals surface area contributed by atoms with Crippen LogP contribution >= 0.6 is 12.4 Å². The second kappa shape index (κ2) is 7.18.